The lowest BCUT2D eigenvalue weighted by Crippen LogP contribution is -2.48. The van der Waals surface area contributed by atoms with E-state index in [1.165, 1.54) is 0 Å². The van der Waals surface area contributed by atoms with Gasteiger partial charge in [0.25, 0.3) is 0 Å². The standard InChI is InChI=1S/C8H18N2O/c1-7(2)10-5-8-6-11-4-3-9-8/h7-10H,3-6H2,1-2H3. The van der Waals surface area contributed by atoms with E-state index >= 15 is 0 Å². The highest BCUT2D eigenvalue weighted by Gasteiger charge is 2.11. The molecule has 0 bridgehead atoms. The topological polar surface area (TPSA) is 33.3 Å². The predicted molar refractivity (Wildman–Crippen MR) is 45.7 cm³/mol. The molecule has 0 spiro atoms. The highest BCUT2D eigenvalue weighted by molar-refractivity contribution is 4.73. The van der Waals surface area contributed by atoms with Gasteiger partial charge in [0.05, 0.1) is 13.2 Å². The maximum absolute atomic E-state index is 5.31. The van der Waals surface area contributed by atoms with Gasteiger partial charge in [-0.3, -0.25) is 0 Å². The predicted octanol–water partition coefficient (Wildman–Crippen LogP) is -0.0272. The molecule has 1 aliphatic rings. The molecule has 3 heteroatoms. The summed E-state index contributed by atoms with van der Waals surface area (Å²) in [6.07, 6.45) is 0. The maximum atomic E-state index is 5.31. The first-order valence-electron chi connectivity index (χ1n) is 4.33. The minimum absolute atomic E-state index is 0.506. The van der Waals surface area contributed by atoms with E-state index in [2.05, 4.69) is 24.5 Å². The van der Waals surface area contributed by atoms with E-state index in [9.17, 15) is 0 Å². The Labute approximate surface area is 68.5 Å². The summed E-state index contributed by atoms with van der Waals surface area (Å²) < 4.78 is 5.31. The van der Waals surface area contributed by atoms with E-state index in [1.807, 2.05) is 0 Å². The fourth-order valence-corrected chi connectivity index (χ4v) is 1.13. The molecule has 1 unspecified atom stereocenters. The van der Waals surface area contributed by atoms with Crippen LogP contribution in [0, 0.1) is 0 Å². The van der Waals surface area contributed by atoms with E-state index < -0.39 is 0 Å². The lowest BCUT2D eigenvalue weighted by molar-refractivity contribution is 0.0761. The average Bonchev–Trinajstić information content (AvgIpc) is 2.03. The molecule has 2 N–H and O–H groups in total. The van der Waals surface area contributed by atoms with Crippen molar-refractivity contribution >= 4 is 0 Å². The summed E-state index contributed by atoms with van der Waals surface area (Å²) in [4.78, 5) is 0. The summed E-state index contributed by atoms with van der Waals surface area (Å²) >= 11 is 0. The fourth-order valence-electron chi connectivity index (χ4n) is 1.13. The zero-order chi connectivity index (χ0) is 8.10. The third-order valence-electron chi connectivity index (χ3n) is 1.77. The normalized spacial score (nSPS) is 25.9. The lowest BCUT2D eigenvalue weighted by atomic mass is 10.2. The molecule has 0 aromatic carbocycles. The highest BCUT2D eigenvalue weighted by atomic mass is 16.5. The molecule has 1 aliphatic heterocycles. The molecule has 0 amide bonds. The van der Waals surface area contributed by atoms with Crippen molar-refractivity contribution < 1.29 is 4.74 Å². The first kappa shape index (κ1) is 8.97. The van der Waals surface area contributed by atoms with Crippen molar-refractivity contribution in [3.63, 3.8) is 0 Å². The van der Waals surface area contributed by atoms with Gasteiger partial charge in [0.1, 0.15) is 0 Å². The first-order valence-corrected chi connectivity index (χ1v) is 4.33. The molecule has 3 nitrogen and oxygen atoms in total. The van der Waals surface area contributed by atoms with Crippen molar-refractivity contribution in [1.82, 2.24) is 10.6 Å². The van der Waals surface area contributed by atoms with E-state index in [0.29, 0.717) is 12.1 Å². The van der Waals surface area contributed by atoms with Crippen LogP contribution in [0.1, 0.15) is 13.8 Å². The summed E-state index contributed by atoms with van der Waals surface area (Å²) in [5.74, 6) is 0. The largest absolute Gasteiger partial charge is 0.378 e. The number of hydrogen-bond acceptors (Lipinski definition) is 3. The van der Waals surface area contributed by atoms with Crippen LogP contribution < -0.4 is 10.6 Å². The fraction of sp³-hybridized carbons (Fsp3) is 1.00. The van der Waals surface area contributed by atoms with Gasteiger partial charge < -0.3 is 15.4 Å². The molecule has 1 saturated heterocycles. The summed E-state index contributed by atoms with van der Waals surface area (Å²) in [5, 5.41) is 6.76. The number of hydrogen-bond donors (Lipinski definition) is 2. The van der Waals surface area contributed by atoms with Gasteiger partial charge in [-0.1, -0.05) is 13.8 Å². The molecule has 0 radical (unpaired) electrons. The first-order chi connectivity index (χ1) is 5.29. The van der Waals surface area contributed by atoms with Crippen molar-refractivity contribution in [2.75, 3.05) is 26.3 Å². The van der Waals surface area contributed by atoms with Gasteiger partial charge in [0.15, 0.2) is 0 Å². The van der Waals surface area contributed by atoms with Gasteiger partial charge in [-0.2, -0.15) is 0 Å². The van der Waals surface area contributed by atoms with Crippen LogP contribution in [0.4, 0.5) is 0 Å². The van der Waals surface area contributed by atoms with Crippen LogP contribution in [-0.2, 0) is 4.74 Å². The Hall–Kier alpha value is -0.120. The minimum Gasteiger partial charge on any atom is -0.378 e. The quantitative estimate of drug-likeness (QED) is 0.605. The second kappa shape index (κ2) is 4.70. The van der Waals surface area contributed by atoms with E-state index in [0.717, 1.165) is 26.3 Å². The maximum Gasteiger partial charge on any atom is 0.0632 e. The molecule has 1 fully saturated rings. The third-order valence-corrected chi connectivity index (χ3v) is 1.77. The Kier molecular flexibility index (Phi) is 3.83. The molecule has 0 aromatic heterocycles. The van der Waals surface area contributed by atoms with Crippen molar-refractivity contribution in [2.24, 2.45) is 0 Å². The molecular weight excluding hydrogens is 140 g/mol. The zero-order valence-electron chi connectivity index (χ0n) is 7.39. The van der Waals surface area contributed by atoms with Crippen molar-refractivity contribution in [3.8, 4) is 0 Å². The summed E-state index contributed by atoms with van der Waals surface area (Å²) in [7, 11) is 0. The third kappa shape index (κ3) is 3.70. The van der Waals surface area contributed by atoms with Crippen LogP contribution in [0.3, 0.4) is 0 Å². The monoisotopic (exact) mass is 158 g/mol. The van der Waals surface area contributed by atoms with Gasteiger partial charge in [-0.15, -0.1) is 0 Å². The van der Waals surface area contributed by atoms with Gasteiger partial charge in [-0.25, -0.2) is 0 Å². The Balaban J connectivity index is 2.05. The Morgan fingerprint density at radius 1 is 1.64 bits per heavy atom. The van der Waals surface area contributed by atoms with Crippen molar-refractivity contribution in [3.05, 3.63) is 0 Å². The van der Waals surface area contributed by atoms with Crippen molar-refractivity contribution in [1.29, 1.82) is 0 Å². The smallest absolute Gasteiger partial charge is 0.0632 e. The molecule has 0 saturated carbocycles. The molecular formula is C8H18N2O. The minimum atomic E-state index is 0.506. The van der Waals surface area contributed by atoms with Gasteiger partial charge >= 0.3 is 0 Å². The van der Waals surface area contributed by atoms with Crippen LogP contribution in [0.25, 0.3) is 0 Å². The Bertz CT molecular complexity index is 100. The zero-order valence-corrected chi connectivity index (χ0v) is 7.39. The molecule has 1 atom stereocenters. The number of nitrogens with one attached hydrogen (secondary N) is 2. The van der Waals surface area contributed by atoms with Gasteiger partial charge in [0, 0.05) is 25.2 Å². The molecule has 11 heavy (non-hydrogen) atoms. The number of ether oxygens (including phenoxy) is 1. The van der Waals surface area contributed by atoms with Crippen LogP contribution in [0.5, 0.6) is 0 Å². The van der Waals surface area contributed by atoms with Crippen LogP contribution in [0.15, 0.2) is 0 Å². The van der Waals surface area contributed by atoms with Crippen LogP contribution >= 0.6 is 0 Å². The summed E-state index contributed by atoms with van der Waals surface area (Å²) in [6.45, 7) is 8.02. The van der Waals surface area contributed by atoms with Gasteiger partial charge in [0.2, 0.25) is 0 Å². The Morgan fingerprint density at radius 2 is 2.45 bits per heavy atom. The second-order valence-electron chi connectivity index (χ2n) is 3.29. The number of morpholine rings is 1. The second-order valence-corrected chi connectivity index (χ2v) is 3.29. The average molecular weight is 158 g/mol. The molecule has 1 rings (SSSR count). The van der Waals surface area contributed by atoms with E-state index in [-0.39, 0.29) is 0 Å². The summed E-state index contributed by atoms with van der Waals surface area (Å²) in [6, 6.07) is 1.07. The molecule has 0 aliphatic carbocycles. The van der Waals surface area contributed by atoms with Crippen LogP contribution in [0.2, 0.25) is 0 Å². The number of rotatable bonds is 3. The van der Waals surface area contributed by atoms with Crippen molar-refractivity contribution in [2.45, 2.75) is 25.9 Å². The Morgan fingerprint density at radius 3 is 3.00 bits per heavy atom. The van der Waals surface area contributed by atoms with Crippen LogP contribution in [-0.4, -0.2) is 38.4 Å². The lowest BCUT2D eigenvalue weighted by Gasteiger charge is -2.24. The highest BCUT2D eigenvalue weighted by Crippen LogP contribution is 1.91. The SMILES string of the molecule is CC(C)NCC1COCCN1. The molecule has 1 heterocycles. The summed E-state index contributed by atoms with van der Waals surface area (Å²) in [5.41, 5.74) is 0. The van der Waals surface area contributed by atoms with Gasteiger partial charge in [-0.05, 0) is 0 Å². The van der Waals surface area contributed by atoms with E-state index in [4.69, 9.17) is 4.74 Å². The molecule has 0 aromatic rings. The van der Waals surface area contributed by atoms with E-state index in [1.54, 1.807) is 0 Å². The molecule has 66 valence electrons.